The molecule has 1 unspecified atom stereocenters. The number of aromatic nitrogens is 2. The second-order valence-corrected chi connectivity index (χ2v) is 8.27. The summed E-state index contributed by atoms with van der Waals surface area (Å²) in [5, 5.41) is 3.27. The Bertz CT molecular complexity index is 1000. The summed E-state index contributed by atoms with van der Waals surface area (Å²) in [4.78, 5) is 17.1. The topological polar surface area (TPSA) is 46.9 Å². The van der Waals surface area contributed by atoms with Crippen LogP contribution in [0.4, 0.5) is 0 Å². The van der Waals surface area contributed by atoms with Crippen LogP contribution in [0.2, 0.25) is 0 Å². The number of amides is 1. The molecule has 4 nitrogen and oxygen atoms in total. The Morgan fingerprint density at radius 2 is 1.89 bits per heavy atom. The lowest BCUT2D eigenvalue weighted by molar-refractivity contribution is 0.0916. The number of rotatable bonds is 4. The zero-order valence-electron chi connectivity index (χ0n) is 16.1. The summed E-state index contributed by atoms with van der Waals surface area (Å²) in [6, 6.07) is 17.0. The van der Waals surface area contributed by atoms with Crippen molar-refractivity contribution in [2.75, 3.05) is 0 Å². The molecule has 3 atom stereocenters. The predicted molar refractivity (Wildman–Crippen MR) is 110 cm³/mol. The number of nitrogens with one attached hydrogen (secondary N) is 1. The van der Waals surface area contributed by atoms with E-state index in [0.29, 0.717) is 17.7 Å². The lowest BCUT2D eigenvalue weighted by atomic mass is 9.95. The first-order valence-electron chi connectivity index (χ1n) is 10.2. The number of fused-ring (bicyclic) bond motifs is 2. The quantitative estimate of drug-likeness (QED) is 0.718. The van der Waals surface area contributed by atoms with Crippen molar-refractivity contribution in [2.45, 2.75) is 38.6 Å². The Morgan fingerprint density at radius 3 is 2.61 bits per heavy atom. The minimum absolute atomic E-state index is 0.0157. The van der Waals surface area contributed by atoms with Crippen molar-refractivity contribution in [3.05, 3.63) is 72.3 Å². The summed E-state index contributed by atoms with van der Waals surface area (Å²) in [5.41, 5.74) is 5.21. The fraction of sp³-hybridized carbons (Fsp3) is 0.333. The molecule has 1 amide bonds. The van der Waals surface area contributed by atoms with E-state index in [1.165, 1.54) is 36.0 Å². The summed E-state index contributed by atoms with van der Waals surface area (Å²) in [6.07, 6.45) is 8.40. The van der Waals surface area contributed by atoms with Crippen molar-refractivity contribution in [1.29, 1.82) is 0 Å². The number of nitrogens with zero attached hydrogens (tertiary/aromatic N) is 2. The van der Waals surface area contributed by atoms with Crippen LogP contribution in [0.5, 0.6) is 0 Å². The molecule has 1 N–H and O–H groups in total. The van der Waals surface area contributed by atoms with Gasteiger partial charge in [0.2, 0.25) is 0 Å². The van der Waals surface area contributed by atoms with Gasteiger partial charge in [-0.05, 0) is 66.8 Å². The van der Waals surface area contributed by atoms with E-state index in [-0.39, 0.29) is 5.91 Å². The van der Waals surface area contributed by atoms with E-state index in [1.807, 2.05) is 4.57 Å². The molecular weight excluding hydrogens is 346 g/mol. The molecule has 0 aliphatic heterocycles. The Labute approximate surface area is 165 Å². The highest BCUT2D eigenvalue weighted by molar-refractivity contribution is 5.93. The highest BCUT2D eigenvalue weighted by atomic mass is 16.2. The molecular formula is C24H25N3O. The number of aryl methyl sites for hydroxylation is 1. The van der Waals surface area contributed by atoms with Gasteiger partial charge in [-0.25, -0.2) is 4.98 Å². The standard InChI is InChI=1S/C24H25N3O/c1-16-4-2-3-5-21(16)18-8-10-20(11-9-18)27-15-25-14-23(27)24(28)26-22-13-17-6-7-19(22)12-17/h2-5,8-11,14-15,17,19,22H,6-7,12-13H2,1H3,(H,26,28)/t17-,19+,22?/m1/s1. The van der Waals surface area contributed by atoms with Crippen molar-refractivity contribution >= 4 is 5.91 Å². The van der Waals surface area contributed by atoms with Gasteiger partial charge in [0.1, 0.15) is 5.69 Å². The zero-order chi connectivity index (χ0) is 19.1. The maximum atomic E-state index is 12.9. The fourth-order valence-electron chi connectivity index (χ4n) is 5.03. The van der Waals surface area contributed by atoms with Crippen LogP contribution in [0.25, 0.3) is 16.8 Å². The maximum Gasteiger partial charge on any atom is 0.270 e. The number of carbonyl (C=O) groups excluding carboxylic acids is 1. The van der Waals surface area contributed by atoms with Crippen LogP contribution in [0.15, 0.2) is 61.1 Å². The van der Waals surface area contributed by atoms with Gasteiger partial charge in [-0.15, -0.1) is 0 Å². The third-order valence-corrected chi connectivity index (χ3v) is 6.53. The molecule has 28 heavy (non-hydrogen) atoms. The van der Waals surface area contributed by atoms with E-state index in [0.717, 1.165) is 18.0 Å². The van der Waals surface area contributed by atoms with Crippen LogP contribution >= 0.6 is 0 Å². The monoisotopic (exact) mass is 371 g/mol. The summed E-state index contributed by atoms with van der Waals surface area (Å²) in [7, 11) is 0. The van der Waals surface area contributed by atoms with Crippen molar-refractivity contribution in [1.82, 2.24) is 14.9 Å². The predicted octanol–water partition coefficient (Wildman–Crippen LogP) is 4.77. The van der Waals surface area contributed by atoms with Gasteiger partial charge >= 0.3 is 0 Å². The summed E-state index contributed by atoms with van der Waals surface area (Å²) in [6.45, 7) is 2.12. The number of carbonyl (C=O) groups is 1. The second kappa shape index (κ2) is 6.93. The van der Waals surface area contributed by atoms with Gasteiger partial charge in [-0.1, -0.05) is 42.8 Å². The first-order chi connectivity index (χ1) is 13.7. The molecule has 1 aromatic heterocycles. The summed E-state index contributed by atoms with van der Waals surface area (Å²) in [5.74, 6) is 1.46. The molecule has 2 fully saturated rings. The smallest absolute Gasteiger partial charge is 0.270 e. The van der Waals surface area contributed by atoms with Gasteiger partial charge in [0.05, 0.1) is 12.5 Å². The second-order valence-electron chi connectivity index (χ2n) is 8.27. The Hall–Kier alpha value is -2.88. The highest BCUT2D eigenvalue weighted by Crippen LogP contribution is 2.44. The fourth-order valence-corrected chi connectivity index (χ4v) is 5.03. The zero-order valence-corrected chi connectivity index (χ0v) is 16.1. The van der Waals surface area contributed by atoms with Crippen LogP contribution in [0.1, 0.15) is 41.7 Å². The normalized spacial score (nSPS) is 23.1. The van der Waals surface area contributed by atoms with Gasteiger partial charge in [0.25, 0.3) is 5.91 Å². The molecule has 0 radical (unpaired) electrons. The molecule has 0 spiro atoms. The van der Waals surface area contributed by atoms with E-state index < -0.39 is 0 Å². The van der Waals surface area contributed by atoms with Crippen molar-refractivity contribution in [3.63, 3.8) is 0 Å². The molecule has 2 bridgehead atoms. The van der Waals surface area contributed by atoms with E-state index in [4.69, 9.17) is 0 Å². The maximum absolute atomic E-state index is 12.9. The number of hydrogen-bond donors (Lipinski definition) is 1. The van der Waals surface area contributed by atoms with Crippen molar-refractivity contribution in [2.24, 2.45) is 11.8 Å². The number of hydrogen-bond acceptors (Lipinski definition) is 2. The average molecular weight is 371 g/mol. The van der Waals surface area contributed by atoms with Crippen molar-refractivity contribution in [3.8, 4) is 16.8 Å². The molecule has 2 aliphatic rings. The van der Waals surface area contributed by atoms with Gasteiger partial charge in [0, 0.05) is 11.7 Å². The number of benzene rings is 2. The van der Waals surface area contributed by atoms with Crippen LogP contribution < -0.4 is 5.32 Å². The van der Waals surface area contributed by atoms with Gasteiger partial charge in [-0.3, -0.25) is 9.36 Å². The highest BCUT2D eigenvalue weighted by Gasteiger charge is 2.40. The van der Waals surface area contributed by atoms with Crippen LogP contribution in [0, 0.1) is 18.8 Å². The van der Waals surface area contributed by atoms with Crippen molar-refractivity contribution < 1.29 is 4.79 Å². The molecule has 2 aliphatic carbocycles. The first kappa shape index (κ1) is 17.2. The molecule has 2 saturated carbocycles. The molecule has 3 aromatic rings. The van der Waals surface area contributed by atoms with Crippen LogP contribution in [0.3, 0.4) is 0 Å². The third kappa shape index (κ3) is 3.03. The third-order valence-electron chi connectivity index (χ3n) is 6.53. The van der Waals surface area contributed by atoms with Crippen LogP contribution in [-0.4, -0.2) is 21.5 Å². The van der Waals surface area contributed by atoms with Crippen LogP contribution in [-0.2, 0) is 0 Å². The number of imidazole rings is 1. The minimum atomic E-state index is -0.0157. The lowest BCUT2D eigenvalue weighted by Crippen LogP contribution is -2.39. The molecule has 142 valence electrons. The first-order valence-corrected chi connectivity index (χ1v) is 10.2. The van der Waals surface area contributed by atoms with E-state index in [2.05, 4.69) is 65.8 Å². The molecule has 5 rings (SSSR count). The van der Waals surface area contributed by atoms with Gasteiger partial charge < -0.3 is 5.32 Å². The van der Waals surface area contributed by atoms with Gasteiger partial charge in [-0.2, -0.15) is 0 Å². The lowest BCUT2D eigenvalue weighted by Gasteiger charge is -2.23. The SMILES string of the molecule is Cc1ccccc1-c1ccc(-n2cncc2C(=O)NC2C[C@@H]3CC[C@H]2C3)cc1. The van der Waals surface area contributed by atoms with E-state index >= 15 is 0 Å². The Morgan fingerprint density at radius 1 is 1.07 bits per heavy atom. The Balaban J connectivity index is 1.37. The van der Waals surface area contributed by atoms with E-state index in [9.17, 15) is 4.79 Å². The van der Waals surface area contributed by atoms with E-state index in [1.54, 1.807) is 12.5 Å². The van der Waals surface area contributed by atoms with Gasteiger partial charge in [0.15, 0.2) is 0 Å². The molecule has 0 saturated heterocycles. The molecule has 4 heteroatoms. The molecule has 1 heterocycles. The average Bonchev–Trinajstić information content (AvgIpc) is 3.45. The Kier molecular flexibility index (Phi) is 4.27. The largest absolute Gasteiger partial charge is 0.348 e. The summed E-state index contributed by atoms with van der Waals surface area (Å²) < 4.78 is 1.88. The summed E-state index contributed by atoms with van der Waals surface area (Å²) >= 11 is 0. The molecule has 2 aromatic carbocycles. The minimum Gasteiger partial charge on any atom is -0.348 e.